The van der Waals surface area contributed by atoms with Crippen LogP contribution < -0.4 is 5.32 Å². The Morgan fingerprint density at radius 2 is 2.44 bits per heavy atom. The Hall–Kier alpha value is -1.05. The molecule has 0 saturated carbocycles. The quantitative estimate of drug-likeness (QED) is 0.820. The Morgan fingerprint density at radius 3 is 3.25 bits per heavy atom. The van der Waals surface area contributed by atoms with Crippen molar-refractivity contribution in [1.29, 1.82) is 5.26 Å². The van der Waals surface area contributed by atoms with Crippen LogP contribution in [-0.4, -0.2) is 12.3 Å². The van der Waals surface area contributed by atoms with Crippen LogP contribution in [0.15, 0.2) is 23.1 Å². The molecule has 0 saturated heterocycles. The number of hydrogen-bond donors (Lipinski definition) is 1. The summed E-state index contributed by atoms with van der Waals surface area (Å²) in [6.45, 7) is 0.668. The summed E-state index contributed by atoms with van der Waals surface area (Å²) in [5, 5.41) is 11.8. The molecule has 0 aliphatic carbocycles. The van der Waals surface area contributed by atoms with Crippen molar-refractivity contribution in [3.63, 3.8) is 0 Å². The third-order valence-electron chi connectivity index (χ3n) is 2.65. The number of benzene rings is 1. The van der Waals surface area contributed by atoms with Crippen LogP contribution in [0.2, 0.25) is 0 Å². The zero-order valence-electron chi connectivity index (χ0n) is 8.87. The van der Waals surface area contributed by atoms with E-state index in [1.54, 1.807) is 17.8 Å². The van der Waals surface area contributed by atoms with E-state index in [1.165, 1.54) is 6.07 Å². The highest BCUT2D eigenvalue weighted by atomic mass is 32.2. The summed E-state index contributed by atoms with van der Waals surface area (Å²) >= 11 is 1.58. The van der Waals surface area contributed by atoms with Gasteiger partial charge in [0.1, 0.15) is 5.82 Å². The number of hydrogen-bond acceptors (Lipinski definition) is 3. The molecule has 1 aromatic rings. The smallest absolute Gasteiger partial charge is 0.137 e. The van der Waals surface area contributed by atoms with E-state index in [0.717, 1.165) is 22.6 Å². The fraction of sp³-hybridized carbons (Fsp3) is 0.417. The summed E-state index contributed by atoms with van der Waals surface area (Å²) < 4.78 is 13.5. The fourth-order valence-electron chi connectivity index (χ4n) is 1.90. The van der Waals surface area contributed by atoms with Gasteiger partial charge in [0, 0.05) is 23.9 Å². The van der Waals surface area contributed by atoms with E-state index in [2.05, 4.69) is 11.4 Å². The van der Waals surface area contributed by atoms with Crippen molar-refractivity contribution in [3.8, 4) is 6.07 Å². The Kier molecular flexibility index (Phi) is 3.81. The molecule has 0 fully saturated rings. The first kappa shape index (κ1) is 11.4. The van der Waals surface area contributed by atoms with Crippen molar-refractivity contribution in [3.05, 3.63) is 29.6 Å². The van der Waals surface area contributed by atoms with Gasteiger partial charge in [-0.2, -0.15) is 5.26 Å². The van der Waals surface area contributed by atoms with E-state index in [4.69, 9.17) is 5.26 Å². The first-order valence-corrected chi connectivity index (χ1v) is 6.33. The minimum atomic E-state index is -0.130. The molecule has 0 aromatic heterocycles. The number of nitrogens with one attached hydrogen (secondary N) is 1. The molecule has 1 aliphatic rings. The second-order valence-electron chi connectivity index (χ2n) is 3.71. The maximum absolute atomic E-state index is 13.5. The molecule has 84 valence electrons. The van der Waals surface area contributed by atoms with Gasteiger partial charge in [0.25, 0.3) is 0 Å². The van der Waals surface area contributed by atoms with Crippen LogP contribution in [-0.2, 0) is 0 Å². The third kappa shape index (κ3) is 2.37. The van der Waals surface area contributed by atoms with Crippen molar-refractivity contribution < 1.29 is 4.39 Å². The molecule has 0 spiro atoms. The summed E-state index contributed by atoms with van der Waals surface area (Å²) in [7, 11) is 0. The summed E-state index contributed by atoms with van der Waals surface area (Å²) in [5.74, 6) is 0.798. The molecule has 0 bridgehead atoms. The topological polar surface area (TPSA) is 35.8 Å². The Bertz CT molecular complexity index is 414. The summed E-state index contributed by atoms with van der Waals surface area (Å²) in [5.41, 5.74) is 1.04. The number of nitriles is 1. The minimum Gasteiger partial charge on any atom is -0.309 e. The number of halogens is 1. The highest BCUT2D eigenvalue weighted by Gasteiger charge is 2.22. The van der Waals surface area contributed by atoms with E-state index in [0.29, 0.717) is 13.0 Å². The standard InChI is InChI=1S/C12H13FN2S/c13-10-4-1-3-9-11(15-7-2-6-14)5-8-16-12(9)10/h1,3-4,11,15H,2,5,7-8H2. The van der Waals surface area contributed by atoms with Crippen molar-refractivity contribution in [1.82, 2.24) is 5.32 Å². The molecule has 0 amide bonds. The SMILES string of the molecule is N#CCCNC1CCSc2c(F)cccc21. The van der Waals surface area contributed by atoms with Crippen LogP contribution in [0.5, 0.6) is 0 Å². The second-order valence-corrected chi connectivity index (χ2v) is 4.82. The van der Waals surface area contributed by atoms with Crippen LogP contribution >= 0.6 is 11.8 Å². The molecule has 1 atom stereocenters. The summed E-state index contributed by atoms with van der Waals surface area (Å²) in [4.78, 5) is 0.767. The second kappa shape index (κ2) is 5.33. The summed E-state index contributed by atoms with van der Waals surface area (Å²) in [6, 6.07) is 7.51. The number of thioether (sulfide) groups is 1. The minimum absolute atomic E-state index is 0.130. The van der Waals surface area contributed by atoms with Crippen molar-refractivity contribution in [2.24, 2.45) is 0 Å². The normalized spacial score (nSPS) is 18.9. The Morgan fingerprint density at radius 1 is 1.56 bits per heavy atom. The van der Waals surface area contributed by atoms with Gasteiger partial charge in [0.15, 0.2) is 0 Å². The molecule has 0 radical (unpaired) electrons. The highest BCUT2D eigenvalue weighted by molar-refractivity contribution is 7.99. The Balaban J connectivity index is 2.14. The molecule has 1 heterocycles. The van der Waals surface area contributed by atoms with Gasteiger partial charge in [-0.15, -0.1) is 11.8 Å². The maximum atomic E-state index is 13.5. The molecule has 1 unspecified atom stereocenters. The lowest BCUT2D eigenvalue weighted by Crippen LogP contribution is -2.25. The lowest BCUT2D eigenvalue weighted by Gasteiger charge is -2.25. The van der Waals surface area contributed by atoms with Gasteiger partial charge >= 0.3 is 0 Å². The molecule has 2 nitrogen and oxygen atoms in total. The average Bonchev–Trinajstić information content (AvgIpc) is 2.31. The molecular weight excluding hydrogens is 223 g/mol. The monoisotopic (exact) mass is 236 g/mol. The molecule has 16 heavy (non-hydrogen) atoms. The third-order valence-corrected chi connectivity index (χ3v) is 3.81. The van der Waals surface area contributed by atoms with Crippen molar-refractivity contribution in [2.45, 2.75) is 23.8 Å². The molecule has 1 aromatic carbocycles. The zero-order chi connectivity index (χ0) is 11.4. The number of rotatable bonds is 3. The van der Waals surface area contributed by atoms with E-state index in [1.807, 2.05) is 6.07 Å². The molecular formula is C12H13FN2S. The van der Waals surface area contributed by atoms with Crippen LogP contribution in [0.1, 0.15) is 24.4 Å². The van der Waals surface area contributed by atoms with Crippen LogP contribution in [0.3, 0.4) is 0 Å². The molecule has 1 aliphatic heterocycles. The maximum Gasteiger partial charge on any atom is 0.137 e. The van der Waals surface area contributed by atoms with Gasteiger partial charge in [-0.3, -0.25) is 0 Å². The van der Waals surface area contributed by atoms with Gasteiger partial charge in [0.05, 0.1) is 6.07 Å². The predicted molar refractivity (Wildman–Crippen MR) is 62.7 cm³/mol. The zero-order valence-corrected chi connectivity index (χ0v) is 9.69. The first-order chi connectivity index (χ1) is 7.83. The number of fused-ring (bicyclic) bond motifs is 1. The van der Waals surface area contributed by atoms with Gasteiger partial charge < -0.3 is 5.32 Å². The predicted octanol–water partition coefficient (Wildman–Crippen LogP) is 2.87. The van der Waals surface area contributed by atoms with E-state index >= 15 is 0 Å². The van der Waals surface area contributed by atoms with Crippen molar-refractivity contribution >= 4 is 11.8 Å². The molecule has 4 heteroatoms. The van der Waals surface area contributed by atoms with Crippen LogP contribution in [0.4, 0.5) is 4.39 Å². The fourth-order valence-corrected chi connectivity index (χ4v) is 3.04. The van der Waals surface area contributed by atoms with Gasteiger partial charge in [-0.25, -0.2) is 4.39 Å². The highest BCUT2D eigenvalue weighted by Crippen LogP contribution is 2.37. The van der Waals surface area contributed by atoms with Crippen LogP contribution in [0.25, 0.3) is 0 Å². The van der Waals surface area contributed by atoms with E-state index in [9.17, 15) is 4.39 Å². The lowest BCUT2D eigenvalue weighted by molar-refractivity contribution is 0.503. The largest absolute Gasteiger partial charge is 0.309 e. The average molecular weight is 236 g/mol. The molecule has 1 N–H and O–H groups in total. The lowest BCUT2D eigenvalue weighted by atomic mass is 10.0. The molecule has 2 rings (SSSR count). The summed E-state index contributed by atoms with van der Waals surface area (Å²) in [6.07, 6.45) is 1.49. The number of nitrogens with zero attached hydrogens (tertiary/aromatic N) is 1. The first-order valence-electron chi connectivity index (χ1n) is 5.34. The van der Waals surface area contributed by atoms with Gasteiger partial charge in [-0.05, 0) is 23.8 Å². The van der Waals surface area contributed by atoms with Crippen molar-refractivity contribution in [2.75, 3.05) is 12.3 Å². The van der Waals surface area contributed by atoms with Crippen LogP contribution in [0, 0.1) is 17.1 Å². The van der Waals surface area contributed by atoms with Gasteiger partial charge in [0.2, 0.25) is 0 Å². The Labute approximate surface area is 98.8 Å². The van der Waals surface area contributed by atoms with E-state index in [-0.39, 0.29) is 11.9 Å². The van der Waals surface area contributed by atoms with Gasteiger partial charge in [-0.1, -0.05) is 12.1 Å². The van der Waals surface area contributed by atoms with E-state index < -0.39 is 0 Å².